The van der Waals surface area contributed by atoms with Crippen molar-refractivity contribution in [1.82, 2.24) is 9.29 Å². The average molecular weight is 310 g/mol. The number of sulfonamides is 1. The molecule has 0 spiro atoms. The van der Waals surface area contributed by atoms with Crippen LogP contribution in [0.5, 0.6) is 0 Å². The number of aryl methyl sites for hydroxylation is 1. The van der Waals surface area contributed by atoms with Gasteiger partial charge in [-0.25, -0.2) is 8.42 Å². The van der Waals surface area contributed by atoms with E-state index in [1.807, 2.05) is 0 Å². The molecule has 0 aliphatic heterocycles. The minimum atomic E-state index is -4.02. The molecule has 8 nitrogen and oxygen atoms in total. The number of aromatic nitrogens is 1. The number of nitrogens with zero attached hydrogens (tertiary/aromatic N) is 1. The number of nitrogens with one attached hydrogen (secondary N) is 1. The van der Waals surface area contributed by atoms with Crippen LogP contribution < -0.4 is 4.87 Å². The lowest BCUT2D eigenvalue weighted by Gasteiger charge is -2.19. The van der Waals surface area contributed by atoms with Crippen molar-refractivity contribution in [3.63, 3.8) is 0 Å². The van der Waals surface area contributed by atoms with Gasteiger partial charge >= 0.3 is 10.8 Å². The SMILES string of the molecule is COCCN(CC(=O)O)S(=O)(=O)c1sc(=O)[nH]c1C. The fourth-order valence-electron chi connectivity index (χ4n) is 1.38. The Balaban J connectivity index is 3.14. The summed E-state index contributed by atoms with van der Waals surface area (Å²) in [6.07, 6.45) is 0. The van der Waals surface area contributed by atoms with E-state index in [4.69, 9.17) is 9.84 Å². The van der Waals surface area contributed by atoms with Crippen molar-refractivity contribution in [2.24, 2.45) is 0 Å². The first-order chi connectivity index (χ1) is 8.78. The maximum Gasteiger partial charge on any atom is 0.318 e. The molecule has 19 heavy (non-hydrogen) atoms. The van der Waals surface area contributed by atoms with E-state index in [1.165, 1.54) is 14.0 Å². The van der Waals surface area contributed by atoms with Crippen LogP contribution in [0.3, 0.4) is 0 Å². The number of methoxy groups -OCH3 is 1. The highest BCUT2D eigenvalue weighted by Gasteiger charge is 2.29. The molecule has 0 aliphatic rings. The zero-order valence-corrected chi connectivity index (χ0v) is 12.0. The van der Waals surface area contributed by atoms with Crippen LogP contribution in [0.1, 0.15) is 5.69 Å². The lowest BCUT2D eigenvalue weighted by Crippen LogP contribution is -2.37. The third kappa shape index (κ3) is 3.86. The van der Waals surface area contributed by atoms with Crippen LogP contribution in [-0.2, 0) is 19.6 Å². The second kappa shape index (κ2) is 6.28. The van der Waals surface area contributed by atoms with Crippen molar-refractivity contribution in [2.75, 3.05) is 26.8 Å². The highest BCUT2D eigenvalue weighted by molar-refractivity contribution is 7.91. The molecular formula is C9H14N2O6S2. The summed E-state index contributed by atoms with van der Waals surface area (Å²) >= 11 is 0.536. The number of aliphatic carboxylic acids is 1. The van der Waals surface area contributed by atoms with Crippen molar-refractivity contribution in [1.29, 1.82) is 0 Å². The van der Waals surface area contributed by atoms with Crippen LogP contribution in [0.25, 0.3) is 0 Å². The molecule has 0 amide bonds. The van der Waals surface area contributed by atoms with E-state index in [-0.39, 0.29) is 23.1 Å². The Kier molecular flexibility index (Phi) is 5.23. The monoisotopic (exact) mass is 310 g/mol. The zero-order chi connectivity index (χ0) is 14.6. The van der Waals surface area contributed by atoms with Gasteiger partial charge in [-0.15, -0.1) is 0 Å². The Bertz CT molecular complexity index is 602. The van der Waals surface area contributed by atoms with Crippen LogP contribution in [-0.4, -0.2) is 55.6 Å². The molecule has 10 heteroatoms. The standard InChI is InChI=1S/C9H14N2O6S2/c1-6-8(18-9(14)10-6)19(15,16)11(3-4-17-2)5-7(12)13/h3-5H2,1-2H3,(H,10,14)(H,12,13). The van der Waals surface area contributed by atoms with E-state index >= 15 is 0 Å². The zero-order valence-electron chi connectivity index (χ0n) is 10.4. The fraction of sp³-hybridized carbons (Fsp3) is 0.556. The maximum atomic E-state index is 12.3. The summed E-state index contributed by atoms with van der Waals surface area (Å²) in [7, 11) is -2.64. The number of hydrogen-bond donors (Lipinski definition) is 2. The summed E-state index contributed by atoms with van der Waals surface area (Å²) in [4.78, 5) is 23.7. The number of rotatable bonds is 7. The average Bonchev–Trinajstić information content (AvgIpc) is 2.63. The highest BCUT2D eigenvalue weighted by Crippen LogP contribution is 2.20. The Hall–Kier alpha value is -1.23. The minimum Gasteiger partial charge on any atom is -0.480 e. The normalized spacial score (nSPS) is 11.9. The van der Waals surface area contributed by atoms with E-state index in [1.54, 1.807) is 0 Å². The molecule has 0 aromatic carbocycles. The van der Waals surface area contributed by atoms with Gasteiger partial charge in [0.15, 0.2) is 4.21 Å². The van der Waals surface area contributed by atoms with Gasteiger partial charge in [0, 0.05) is 19.3 Å². The fourth-order valence-corrected chi connectivity index (χ4v) is 4.19. The predicted molar refractivity (Wildman–Crippen MR) is 67.9 cm³/mol. The third-order valence-corrected chi connectivity index (χ3v) is 5.64. The summed E-state index contributed by atoms with van der Waals surface area (Å²) in [5.74, 6) is -1.28. The smallest absolute Gasteiger partial charge is 0.318 e. The van der Waals surface area contributed by atoms with Crippen molar-refractivity contribution in [3.8, 4) is 0 Å². The van der Waals surface area contributed by atoms with Gasteiger partial charge in [0.1, 0.15) is 6.54 Å². The molecule has 0 radical (unpaired) electrons. The Morgan fingerprint density at radius 3 is 2.58 bits per heavy atom. The lowest BCUT2D eigenvalue weighted by molar-refractivity contribution is -0.137. The summed E-state index contributed by atoms with van der Waals surface area (Å²) in [5.41, 5.74) is 0.197. The van der Waals surface area contributed by atoms with E-state index in [2.05, 4.69) is 4.98 Å². The first kappa shape index (κ1) is 15.8. The van der Waals surface area contributed by atoms with Crippen LogP contribution in [0.4, 0.5) is 0 Å². The molecule has 1 aromatic rings. The molecule has 0 saturated carbocycles. The largest absolute Gasteiger partial charge is 0.480 e. The summed E-state index contributed by atoms with van der Waals surface area (Å²) in [6.45, 7) is 0.721. The van der Waals surface area contributed by atoms with E-state index in [9.17, 15) is 18.0 Å². The summed E-state index contributed by atoms with van der Waals surface area (Å²) < 4.78 is 29.9. The van der Waals surface area contributed by atoms with E-state index < -0.39 is 27.4 Å². The molecular weight excluding hydrogens is 296 g/mol. The predicted octanol–water partition coefficient (Wildman–Crippen LogP) is -0.533. The molecule has 0 saturated heterocycles. The van der Waals surface area contributed by atoms with Gasteiger partial charge < -0.3 is 14.8 Å². The van der Waals surface area contributed by atoms with Crippen molar-refractivity contribution >= 4 is 27.3 Å². The molecule has 0 aliphatic carbocycles. The van der Waals surface area contributed by atoms with Crippen molar-refractivity contribution in [3.05, 3.63) is 15.4 Å². The van der Waals surface area contributed by atoms with Gasteiger partial charge in [0.05, 0.1) is 6.61 Å². The number of carboxylic acid groups (broad SMARTS) is 1. The molecule has 1 heterocycles. The van der Waals surface area contributed by atoms with Gasteiger partial charge in [-0.1, -0.05) is 11.3 Å². The van der Waals surface area contributed by atoms with Gasteiger partial charge in [0.25, 0.3) is 10.0 Å². The Morgan fingerprint density at radius 1 is 1.53 bits per heavy atom. The lowest BCUT2D eigenvalue weighted by atomic mass is 10.6. The van der Waals surface area contributed by atoms with Crippen molar-refractivity contribution < 1.29 is 23.1 Å². The number of hydrogen-bond acceptors (Lipinski definition) is 6. The number of ether oxygens (including phenoxy) is 1. The molecule has 0 unspecified atom stereocenters. The van der Waals surface area contributed by atoms with E-state index in [0.29, 0.717) is 11.3 Å². The number of thiazole rings is 1. The number of aromatic amines is 1. The van der Waals surface area contributed by atoms with Gasteiger partial charge in [0.2, 0.25) is 0 Å². The van der Waals surface area contributed by atoms with Crippen molar-refractivity contribution in [2.45, 2.75) is 11.1 Å². The number of carboxylic acids is 1. The molecule has 2 N–H and O–H groups in total. The first-order valence-electron chi connectivity index (χ1n) is 5.19. The molecule has 0 bridgehead atoms. The second-order valence-electron chi connectivity index (χ2n) is 3.65. The topological polar surface area (TPSA) is 117 Å². The van der Waals surface area contributed by atoms with Gasteiger partial charge in [-0.2, -0.15) is 4.31 Å². The molecule has 1 aromatic heterocycles. The summed E-state index contributed by atoms with van der Waals surface area (Å²) in [5, 5.41) is 8.75. The van der Waals surface area contributed by atoms with Crippen LogP contribution in [0, 0.1) is 6.92 Å². The van der Waals surface area contributed by atoms with Gasteiger partial charge in [-0.3, -0.25) is 9.59 Å². The summed E-state index contributed by atoms with van der Waals surface area (Å²) in [6, 6.07) is 0. The molecule has 1 rings (SSSR count). The van der Waals surface area contributed by atoms with Crippen LogP contribution in [0.2, 0.25) is 0 Å². The maximum absolute atomic E-state index is 12.3. The van der Waals surface area contributed by atoms with Crippen LogP contribution in [0.15, 0.2) is 9.00 Å². The molecule has 0 fully saturated rings. The number of carbonyl (C=O) groups is 1. The Labute approximate surface area is 113 Å². The van der Waals surface area contributed by atoms with Gasteiger partial charge in [-0.05, 0) is 6.92 Å². The third-order valence-electron chi connectivity index (χ3n) is 2.21. The number of H-pyrrole nitrogens is 1. The minimum absolute atomic E-state index is 0.0604. The second-order valence-corrected chi connectivity index (χ2v) is 6.77. The Morgan fingerprint density at radius 2 is 2.16 bits per heavy atom. The first-order valence-corrected chi connectivity index (χ1v) is 7.45. The molecule has 108 valence electrons. The quantitative estimate of drug-likeness (QED) is 0.699. The van der Waals surface area contributed by atoms with E-state index in [0.717, 1.165) is 4.31 Å². The highest BCUT2D eigenvalue weighted by atomic mass is 32.2. The molecule has 0 atom stereocenters. The van der Waals surface area contributed by atoms with Crippen LogP contribution >= 0.6 is 11.3 Å².